The zero-order valence-corrected chi connectivity index (χ0v) is 12.9. The summed E-state index contributed by atoms with van der Waals surface area (Å²) in [5, 5.41) is 9.81. The molecular formula is C15H22N2O2S. The third-order valence-corrected chi connectivity index (χ3v) is 5.17. The van der Waals surface area contributed by atoms with Gasteiger partial charge in [-0.25, -0.2) is 4.98 Å². The van der Waals surface area contributed by atoms with E-state index in [-0.39, 0.29) is 5.75 Å². The third-order valence-electron chi connectivity index (χ3n) is 4.22. The highest BCUT2D eigenvalue weighted by molar-refractivity contribution is 7.99. The largest absolute Gasteiger partial charge is 0.481 e. The summed E-state index contributed by atoms with van der Waals surface area (Å²) < 4.78 is 2.38. The van der Waals surface area contributed by atoms with Gasteiger partial charge in [-0.3, -0.25) is 4.79 Å². The Morgan fingerprint density at radius 3 is 2.45 bits per heavy atom. The minimum Gasteiger partial charge on any atom is -0.481 e. The van der Waals surface area contributed by atoms with Crippen LogP contribution in [0.2, 0.25) is 0 Å². The monoisotopic (exact) mass is 294 g/mol. The van der Waals surface area contributed by atoms with Gasteiger partial charge in [0.05, 0.1) is 5.75 Å². The number of hydrogen-bond donors (Lipinski definition) is 1. The van der Waals surface area contributed by atoms with E-state index >= 15 is 0 Å². The molecule has 2 saturated carbocycles. The van der Waals surface area contributed by atoms with Crippen molar-refractivity contribution in [1.82, 2.24) is 9.55 Å². The number of nitrogens with zero attached hydrogens (tertiary/aromatic N) is 2. The first-order chi connectivity index (χ1) is 9.58. The maximum absolute atomic E-state index is 10.8. The fourth-order valence-corrected chi connectivity index (χ4v) is 3.74. The normalized spacial score (nSPS) is 19.0. The Morgan fingerprint density at radius 1 is 1.40 bits per heavy atom. The minimum atomic E-state index is -0.773. The predicted molar refractivity (Wildman–Crippen MR) is 79.2 cm³/mol. The first-order valence-electron chi connectivity index (χ1n) is 7.49. The smallest absolute Gasteiger partial charge is 0.313 e. The average Bonchev–Trinajstić information content (AvgIpc) is 3.27. The van der Waals surface area contributed by atoms with Crippen LogP contribution in [0.15, 0.2) is 11.4 Å². The van der Waals surface area contributed by atoms with Gasteiger partial charge in [-0.05, 0) is 43.4 Å². The minimum absolute atomic E-state index is 0.0939. The molecule has 0 radical (unpaired) electrons. The van der Waals surface area contributed by atoms with Crippen LogP contribution in [0.5, 0.6) is 0 Å². The molecule has 5 heteroatoms. The number of thioether (sulfide) groups is 1. The van der Waals surface area contributed by atoms with Crippen LogP contribution in [0.1, 0.15) is 57.2 Å². The molecule has 0 spiro atoms. The lowest BCUT2D eigenvalue weighted by molar-refractivity contribution is -0.133. The molecule has 0 atom stereocenters. The molecule has 110 valence electrons. The molecule has 2 fully saturated rings. The molecule has 1 aromatic rings. The fourth-order valence-electron chi connectivity index (χ4n) is 3.00. The van der Waals surface area contributed by atoms with Crippen LogP contribution >= 0.6 is 11.8 Å². The average molecular weight is 294 g/mol. The van der Waals surface area contributed by atoms with Crippen molar-refractivity contribution in [3.8, 4) is 0 Å². The summed E-state index contributed by atoms with van der Waals surface area (Å²) in [6.45, 7) is 4.38. The summed E-state index contributed by atoms with van der Waals surface area (Å²) in [6, 6.07) is 0.561. The predicted octanol–water partition coefficient (Wildman–Crippen LogP) is 3.54. The lowest BCUT2D eigenvalue weighted by Crippen LogP contribution is -2.18. The number of rotatable bonds is 7. The number of hydrogen-bond acceptors (Lipinski definition) is 3. The zero-order chi connectivity index (χ0) is 14.3. The van der Waals surface area contributed by atoms with Crippen LogP contribution in [0.25, 0.3) is 0 Å². The van der Waals surface area contributed by atoms with Gasteiger partial charge in [-0.1, -0.05) is 25.6 Å². The topological polar surface area (TPSA) is 55.1 Å². The number of aromatic nitrogens is 2. The lowest BCUT2D eigenvalue weighted by atomic mass is 10.0. The molecule has 0 bridgehead atoms. The highest BCUT2D eigenvalue weighted by atomic mass is 32.2. The Balaban J connectivity index is 1.91. The van der Waals surface area contributed by atoms with Crippen LogP contribution in [-0.2, 0) is 4.79 Å². The quantitative estimate of drug-likeness (QED) is 0.781. The summed E-state index contributed by atoms with van der Waals surface area (Å²) >= 11 is 1.36. The summed E-state index contributed by atoms with van der Waals surface area (Å²) in [4.78, 5) is 15.3. The molecule has 0 unspecified atom stereocenters. The molecule has 2 aliphatic rings. The number of carboxylic acids is 1. The van der Waals surface area contributed by atoms with Gasteiger partial charge in [-0.2, -0.15) is 0 Å². The SMILES string of the molecule is CC(C)c1cnc(SCC(=O)O)n1C(C1CC1)C1CC1. The molecule has 4 nitrogen and oxygen atoms in total. The summed E-state index contributed by atoms with van der Waals surface area (Å²) in [5.41, 5.74) is 1.27. The van der Waals surface area contributed by atoms with Crippen LogP contribution in [0, 0.1) is 11.8 Å². The zero-order valence-electron chi connectivity index (χ0n) is 12.1. The summed E-state index contributed by atoms with van der Waals surface area (Å²) in [5.74, 6) is 1.33. The molecule has 0 aromatic carbocycles. The highest BCUT2D eigenvalue weighted by Gasteiger charge is 2.44. The number of carboxylic acid groups (broad SMARTS) is 1. The Hall–Kier alpha value is -0.970. The fraction of sp³-hybridized carbons (Fsp3) is 0.733. The molecule has 0 amide bonds. The van der Waals surface area contributed by atoms with E-state index < -0.39 is 5.97 Å². The van der Waals surface area contributed by atoms with E-state index in [9.17, 15) is 4.79 Å². The molecule has 2 aliphatic carbocycles. The first-order valence-corrected chi connectivity index (χ1v) is 8.48. The Labute approximate surface area is 124 Å². The van der Waals surface area contributed by atoms with Crippen molar-refractivity contribution < 1.29 is 9.90 Å². The van der Waals surface area contributed by atoms with Crippen molar-refractivity contribution in [2.75, 3.05) is 5.75 Å². The Bertz CT molecular complexity index is 492. The van der Waals surface area contributed by atoms with Crippen LogP contribution in [-0.4, -0.2) is 26.4 Å². The van der Waals surface area contributed by atoms with Crippen LogP contribution in [0.3, 0.4) is 0 Å². The van der Waals surface area contributed by atoms with Gasteiger partial charge in [0.2, 0.25) is 0 Å². The van der Waals surface area contributed by atoms with Gasteiger partial charge < -0.3 is 9.67 Å². The highest BCUT2D eigenvalue weighted by Crippen LogP contribution is 2.53. The van der Waals surface area contributed by atoms with Crippen LogP contribution < -0.4 is 0 Å². The third kappa shape index (κ3) is 2.87. The Kier molecular flexibility index (Phi) is 3.80. The molecule has 1 heterocycles. The van der Waals surface area contributed by atoms with Gasteiger partial charge in [0.15, 0.2) is 5.16 Å². The van der Waals surface area contributed by atoms with E-state index in [2.05, 4.69) is 23.4 Å². The molecule has 1 N–H and O–H groups in total. The molecule has 0 aliphatic heterocycles. The summed E-state index contributed by atoms with van der Waals surface area (Å²) in [6.07, 6.45) is 7.23. The maximum Gasteiger partial charge on any atom is 0.313 e. The number of aliphatic carboxylic acids is 1. The molecular weight excluding hydrogens is 272 g/mol. The van der Waals surface area contributed by atoms with Crippen molar-refractivity contribution >= 4 is 17.7 Å². The first kappa shape index (κ1) is 14.0. The molecule has 0 saturated heterocycles. The van der Waals surface area contributed by atoms with Gasteiger partial charge in [0, 0.05) is 17.9 Å². The van der Waals surface area contributed by atoms with Crippen LogP contribution in [0.4, 0.5) is 0 Å². The van der Waals surface area contributed by atoms with E-state index in [0.29, 0.717) is 12.0 Å². The lowest BCUT2D eigenvalue weighted by Gasteiger charge is -2.24. The van der Waals surface area contributed by atoms with E-state index in [1.165, 1.54) is 43.1 Å². The van der Waals surface area contributed by atoms with Gasteiger partial charge in [0.25, 0.3) is 0 Å². The number of carbonyl (C=O) groups is 1. The van der Waals surface area contributed by atoms with E-state index in [0.717, 1.165) is 17.0 Å². The van der Waals surface area contributed by atoms with Crippen molar-refractivity contribution in [3.63, 3.8) is 0 Å². The van der Waals surface area contributed by atoms with Gasteiger partial charge in [-0.15, -0.1) is 0 Å². The number of imidazole rings is 1. The second-order valence-corrected chi connectivity index (χ2v) is 7.28. The molecule has 20 heavy (non-hydrogen) atoms. The van der Waals surface area contributed by atoms with Crippen molar-refractivity contribution in [1.29, 1.82) is 0 Å². The molecule has 3 rings (SSSR count). The van der Waals surface area contributed by atoms with Gasteiger partial charge >= 0.3 is 5.97 Å². The Morgan fingerprint density at radius 2 is 2.00 bits per heavy atom. The van der Waals surface area contributed by atoms with Crippen molar-refractivity contribution in [2.24, 2.45) is 11.8 Å². The van der Waals surface area contributed by atoms with E-state index in [4.69, 9.17) is 5.11 Å². The second kappa shape index (κ2) is 5.43. The maximum atomic E-state index is 10.8. The van der Waals surface area contributed by atoms with E-state index in [1.807, 2.05) is 6.20 Å². The second-order valence-electron chi connectivity index (χ2n) is 6.34. The van der Waals surface area contributed by atoms with Crippen molar-refractivity contribution in [3.05, 3.63) is 11.9 Å². The standard InChI is InChI=1S/C15H22N2O2S/c1-9(2)12-7-16-15(20-8-13(18)19)17(12)14(10-3-4-10)11-5-6-11/h7,9-11,14H,3-6,8H2,1-2H3,(H,18,19). The van der Waals surface area contributed by atoms with Gasteiger partial charge in [0.1, 0.15) is 0 Å². The summed E-state index contributed by atoms with van der Waals surface area (Å²) in [7, 11) is 0. The van der Waals surface area contributed by atoms with Crippen molar-refractivity contribution in [2.45, 2.75) is 56.6 Å². The van der Waals surface area contributed by atoms with E-state index in [1.54, 1.807) is 0 Å². The molecule has 1 aromatic heterocycles.